The van der Waals surface area contributed by atoms with Crippen molar-refractivity contribution in [2.45, 2.75) is 32.0 Å². The Hall–Kier alpha value is -1.92. The number of hydrogen-bond donors (Lipinski definition) is 0. The second-order valence-corrected chi connectivity index (χ2v) is 7.18. The summed E-state index contributed by atoms with van der Waals surface area (Å²) in [7, 11) is 0. The summed E-state index contributed by atoms with van der Waals surface area (Å²) in [5, 5.41) is 11.4. The number of carbonyl (C=O) groups is 1. The van der Waals surface area contributed by atoms with Crippen molar-refractivity contribution in [2.75, 3.05) is 5.75 Å². The Labute approximate surface area is 149 Å². The number of Topliss-reactive ketones (excluding diaryl/α,β-unsaturated/α-hetero) is 1. The molecule has 2 aromatic heterocycles. The number of hydrogen-bond acceptors (Lipinski definition) is 5. The van der Waals surface area contributed by atoms with Crippen LogP contribution in [-0.2, 0) is 13.0 Å². The summed E-state index contributed by atoms with van der Waals surface area (Å²) in [5.41, 5.74) is 1.99. The molecule has 0 spiro atoms. The van der Waals surface area contributed by atoms with Gasteiger partial charge < -0.3 is 4.57 Å². The van der Waals surface area contributed by atoms with Gasteiger partial charge in [-0.25, -0.2) is 0 Å². The zero-order valence-corrected chi connectivity index (χ0v) is 15.4. The molecular weight excluding hydrogens is 338 g/mol. The highest BCUT2D eigenvalue weighted by molar-refractivity contribution is 7.99. The lowest BCUT2D eigenvalue weighted by Crippen LogP contribution is -2.05. The Morgan fingerprint density at radius 1 is 1.17 bits per heavy atom. The van der Waals surface area contributed by atoms with E-state index in [1.807, 2.05) is 41.8 Å². The standard InChI is InChI=1S/C18H19N3OS2/c1-3-13-7-9-14(10-8-13)15(22)12-24-18-20-19-17(21(18)4-2)16-6-5-11-23-16/h5-11H,3-4,12H2,1-2H3. The van der Waals surface area contributed by atoms with Gasteiger partial charge in [-0.05, 0) is 30.4 Å². The van der Waals surface area contributed by atoms with Gasteiger partial charge in [-0.1, -0.05) is 49.0 Å². The van der Waals surface area contributed by atoms with Crippen molar-refractivity contribution in [2.24, 2.45) is 0 Å². The predicted molar refractivity (Wildman–Crippen MR) is 99.9 cm³/mol. The third-order valence-corrected chi connectivity index (χ3v) is 5.62. The van der Waals surface area contributed by atoms with Crippen LogP contribution in [0.4, 0.5) is 0 Å². The van der Waals surface area contributed by atoms with Crippen molar-refractivity contribution in [3.63, 3.8) is 0 Å². The van der Waals surface area contributed by atoms with E-state index in [0.717, 1.165) is 34.4 Å². The molecule has 1 aromatic carbocycles. The maximum Gasteiger partial charge on any atom is 0.191 e. The fourth-order valence-electron chi connectivity index (χ4n) is 2.41. The van der Waals surface area contributed by atoms with Gasteiger partial charge in [0.15, 0.2) is 16.8 Å². The number of thiophene rings is 1. The molecule has 124 valence electrons. The van der Waals surface area contributed by atoms with Gasteiger partial charge in [0.1, 0.15) is 0 Å². The van der Waals surface area contributed by atoms with Gasteiger partial charge in [0.2, 0.25) is 0 Å². The smallest absolute Gasteiger partial charge is 0.191 e. The lowest BCUT2D eigenvalue weighted by molar-refractivity contribution is 0.102. The quantitative estimate of drug-likeness (QED) is 0.459. The molecule has 0 bridgehead atoms. The minimum Gasteiger partial charge on any atom is -0.302 e. The minimum atomic E-state index is 0.117. The summed E-state index contributed by atoms with van der Waals surface area (Å²) in [4.78, 5) is 13.5. The maximum absolute atomic E-state index is 12.4. The van der Waals surface area contributed by atoms with Crippen molar-refractivity contribution in [1.29, 1.82) is 0 Å². The van der Waals surface area contributed by atoms with Gasteiger partial charge in [-0.15, -0.1) is 21.5 Å². The highest BCUT2D eigenvalue weighted by Gasteiger charge is 2.15. The van der Waals surface area contributed by atoms with E-state index in [4.69, 9.17) is 0 Å². The summed E-state index contributed by atoms with van der Waals surface area (Å²) in [5.74, 6) is 1.36. The minimum absolute atomic E-state index is 0.117. The molecule has 0 aliphatic rings. The Bertz CT molecular complexity index is 807. The molecule has 2 heterocycles. The molecule has 24 heavy (non-hydrogen) atoms. The van der Waals surface area contributed by atoms with Gasteiger partial charge in [-0.3, -0.25) is 4.79 Å². The van der Waals surface area contributed by atoms with Crippen LogP contribution in [0.15, 0.2) is 46.9 Å². The third kappa shape index (κ3) is 3.60. The van der Waals surface area contributed by atoms with Crippen LogP contribution in [0, 0.1) is 0 Å². The Morgan fingerprint density at radius 3 is 2.58 bits per heavy atom. The van der Waals surface area contributed by atoms with Crippen LogP contribution in [0.5, 0.6) is 0 Å². The van der Waals surface area contributed by atoms with Crippen LogP contribution in [-0.4, -0.2) is 26.3 Å². The molecule has 0 saturated heterocycles. The lowest BCUT2D eigenvalue weighted by Gasteiger charge is -2.06. The third-order valence-electron chi connectivity index (χ3n) is 3.79. The molecule has 0 aliphatic heterocycles. The molecule has 0 aliphatic carbocycles. The highest BCUT2D eigenvalue weighted by Crippen LogP contribution is 2.27. The molecule has 0 N–H and O–H groups in total. The number of nitrogens with zero attached hydrogens (tertiary/aromatic N) is 3. The number of rotatable bonds is 7. The van der Waals surface area contributed by atoms with Crippen LogP contribution in [0.3, 0.4) is 0 Å². The van der Waals surface area contributed by atoms with Crippen molar-refractivity contribution in [3.05, 3.63) is 52.9 Å². The van der Waals surface area contributed by atoms with Crippen LogP contribution in [0.1, 0.15) is 29.8 Å². The second kappa shape index (κ2) is 7.77. The van der Waals surface area contributed by atoms with Crippen LogP contribution in [0.2, 0.25) is 0 Å². The maximum atomic E-state index is 12.4. The van der Waals surface area contributed by atoms with Crippen LogP contribution in [0.25, 0.3) is 10.7 Å². The summed E-state index contributed by atoms with van der Waals surface area (Å²) in [6.45, 7) is 4.95. The molecule has 3 aromatic rings. The average molecular weight is 358 g/mol. The monoisotopic (exact) mass is 357 g/mol. The van der Waals surface area contributed by atoms with Crippen LogP contribution < -0.4 is 0 Å². The van der Waals surface area contributed by atoms with Crippen molar-refractivity contribution in [3.8, 4) is 10.7 Å². The van der Waals surface area contributed by atoms with Gasteiger partial charge in [0, 0.05) is 12.1 Å². The molecular formula is C18H19N3OS2. The molecule has 0 fully saturated rings. The van der Waals surface area contributed by atoms with E-state index in [2.05, 4.69) is 28.6 Å². The molecule has 0 saturated carbocycles. The molecule has 0 atom stereocenters. The first-order valence-electron chi connectivity index (χ1n) is 7.95. The fraction of sp³-hybridized carbons (Fsp3) is 0.278. The molecule has 3 rings (SSSR count). The normalized spacial score (nSPS) is 10.9. The Kier molecular flexibility index (Phi) is 5.48. The first kappa shape index (κ1) is 16.9. The van der Waals surface area contributed by atoms with E-state index >= 15 is 0 Å². The molecule has 0 unspecified atom stereocenters. The average Bonchev–Trinajstić information content (AvgIpc) is 3.28. The van der Waals surface area contributed by atoms with Crippen molar-refractivity contribution < 1.29 is 4.79 Å². The van der Waals surface area contributed by atoms with E-state index in [1.54, 1.807) is 11.3 Å². The van der Waals surface area contributed by atoms with Crippen LogP contribution >= 0.6 is 23.1 Å². The zero-order valence-electron chi connectivity index (χ0n) is 13.7. The number of thioether (sulfide) groups is 1. The fourth-order valence-corrected chi connectivity index (χ4v) is 4.02. The molecule has 0 radical (unpaired) electrons. The van der Waals surface area contributed by atoms with E-state index < -0.39 is 0 Å². The number of aryl methyl sites for hydroxylation is 1. The summed E-state index contributed by atoms with van der Waals surface area (Å²) in [6, 6.07) is 11.9. The van der Waals surface area contributed by atoms with E-state index in [9.17, 15) is 4.79 Å². The van der Waals surface area contributed by atoms with E-state index in [0.29, 0.717) is 5.75 Å². The van der Waals surface area contributed by atoms with Gasteiger partial charge in [-0.2, -0.15) is 0 Å². The number of aromatic nitrogens is 3. The molecule has 0 amide bonds. The number of ketones is 1. The van der Waals surface area contributed by atoms with Gasteiger partial charge in [0.25, 0.3) is 0 Å². The van der Waals surface area contributed by atoms with Gasteiger partial charge in [0.05, 0.1) is 10.6 Å². The van der Waals surface area contributed by atoms with Crippen molar-refractivity contribution >= 4 is 28.9 Å². The first-order chi connectivity index (χ1) is 11.7. The predicted octanol–water partition coefficient (Wildman–Crippen LogP) is 4.56. The SMILES string of the molecule is CCc1ccc(C(=O)CSc2nnc(-c3cccs3)n2CC)cc1. The van der Waals surface area contributed by atoms with E-state index in [1.165, 1.54) is 17.3 Å². The molecule has 6 heteroatoms. The largest absolute Gasteiger partial charge is 0.302 e. The summed E-state index contributed by atoms with van der Waals surface area (Å²) < 4.78 is 2.06. The Balaban J connectivity index is 1.71. The lowest BCUT2D eigenvalue weighted by atomic mass is 10.1. The topological polar surface area (TPSA) is 47.8 Å². The Morgan fingerprint density at radius 2 is 1.96 bits per heavy atom. The number of carbonyl (C=O) groups excluding carboxylic acids is 1. The second-order valence-electron chi connectivity index (χ2n) is 5.29. The summed E-state index contributed by atoms with van der Waals surface area (Å²) in [6.07, 6.45) is 0.980. The summed E-state index contributed by atoms with van der Waals surface area (Å²) >= 11 is 3.09. The zero-order chi connectivity index (χ0) is 16.9. The first-order valence-corrected chi connectivity index (χ1v) is 9.81. The number of benzene rings is 1. The molecule has 4 nitrogen and oxygen atoms in total. The van der Waals surface area contributed by atoms with Crippen molar-refractivity contribution in [1.82, 2.24) is 14.8 Å². The van der Waals surface area contributed by atoms with Gasteiger partial charge >= 0.3 is 0 Å². The van der Waals surface area contributed by atoms with E-state index in [-0.39, 0.29) is 5.78 Å². The highest BCUT2D eigenvalue weighted by atomic mass is 32.2.